The lowest BCUT2D eigenvalue weighted by molar-refractivity contribution is -0.125. The number of likely N-dealkylation sites (N-methyl/N-ethyl adjacent to an activating group) is 1. The molecular weight excluding hydrogens is 348 g/mol. The van der Waals surface area contributed by atoms with E-state index in [0.29, 0.717) is 23.8 Å². The first-order chi connectivity index (χ1) is 12.6. The third kappa shape index (κ3) is 4.80. The van der Waals surface area contributed by atoms with E-state index >= 15 is 0 Å². The van der Waals surface area contributed by atoms with Crippen LogP contribution in [0.1, 0.15) is 16.8 Å². The van der Waals surface area contributed by atoms with Crippen molar-refractivity contribution in [1.82, 2.24) is 19.9 Å². The molecule has 0 aliphatic carbocycles. The number of nitrogens with zero attached hydrogens (tertiary/aromatic N) is 4. The Labute approximate surface area is 157 Å². The van der Waals surface area contributed by atoms with Crippen molar-refractivity contribution in [2.45, 2.75) is 13.1 Å². The molecule has 3 aromatic rings. The van der Waals surface area contributed by atoms with Gasteiger partial charge in [-0.2, -0.15) is 0 Å². The molecule has 0 fully saturated rings. The van der Waals surface area contributed by atoms with Crippen molar-refractivity contribution >= 4 is 23.6 Å². The van der Waals surface area contributed by atoms with Crippen LogP contribution in [0.3, 0.4) is 0 Å². The van der Waals surface area contributed by atoms with Gasteiger partial charge in [0.2, 0.25) is 5.91 Å². The van der Waals surface area contributed by atoms with Crippen molar-refractivity contribution in [3.05, 3.63) is 88.7 Å². The van der Waals surface area contributed by atoms with Crippen LogP contribution < -0.4 is 0 Å². The smallest absolute Gasteiger partial charge is 0.246 e. The van der Waals surface area contributed by atoms with E-state index in [1.54, 1.807) is 22.7 Å². The van der Waals surface area contributed by atoms with Crippen molar-refractivity contribution in [2.24, 2.45) is 0 Å². The van der Waals surface area contributed by atoms with E-state index in [1.807, 2.05) is 60.8 Å². The highest BCUT2D eigenvalue weighted by Crippen LogP contribution is 2.16. The first-order valence-corrected chi connectivity index (χ1v) is 8.60. The van der Waals surface area contributed by atoms with Gasteiger partial charge in [0.15, 0.2) is 0 Å². The molecule has 132 valence electrons. The Morgan fingerprint density at radius 1 is 1.15 bits per heavy atom. The first-order valence-electron chi connectivity index (χ1n) is 8.22. The molecule has 0 saturated heterocycles. The molecule has 1 amide bonds. The molecule has 0 aliphatic rings. The molecule has 0 radical (unpaired) electrons. The van der Waals surface area contributed by atoms with Crippen molar-refractivity contribution in [2.75, 3.05) is 7.05 Å². The number of hydrogen-bond acceptors (Lipinski definition) is 3. The molecule has 0 atom stereocenters. The topological polar surface area (TPSA) is 51.0 Å². The van der Waals surface area contributed by atoms with Gasteiger partial charge in [0.1, 0.15) is 5.69 Å². The van der Waals surface area contributed by atoms with Crippen LogP contribution in [0.5, 0.6) is 0 Å². The Balaban J connectivity index is 1.59. The van der Waals surface area contributed by atoms with E-state index in [9.17, 15) is 4.79 Å². The van der Waals surface area contributed by atoms with Crippen molar-refractivity contribution in [3.63, 3.8) is 0 Å². The minimum absolute atomic E-state index is 0.123. The number of carbonyl (C=O) groups is 1. The average molecular weight is 367 g/mol. The van der Waals surface area contributed by atoms with Crippen LogP contribution in [-0.2, 0) is 17.9 Å². The van der Waals surface area contributed by atoms with Gasteiger partial charge in [-0.15, -0.1) is 5.10 Å². The maximum Gasteiger partial charge on any atom is 0.246 e. The molecule has 6 heteroatoms. The third-order valence-corrected chi connectivity index (χ3v) is 4.25. The Hall–Kier alpha value is -2.92. The van der Waals surface area contributed by atoms with Crippen molar-refractivity contribution in [1.29, 1.82) is 0 Å². The lowest BCUT2D eigenvalue weighted by Gasteiger charge is -2.15. The fourth-order valence-corrected chi connectivity index (χ4v) is 2.68. The number of carbonyl (C=O) groups excluding carboxylic acids is 1. The SMILES string of the molecule is CN(Cc1ccccc1Cl)C(=O)C=Cc1cn(Cc2ccccc2)nn1. The maximum absolute atomic E-state index is 12.3. The van der Waals surface area contributed by atoms with Gasteiger partial charge in [-0.25, -0.2) is 4.68 Å². The minimum atomic E-state index is -0.123. The molecule has 3 rings (SSSR count). The average Bonchev–Trinajstić information content (AvgIpc) is 3.09. The summed E-state index contributed by atoms with van der Waals surface area (Å²) < 4.78 is 1.74. The van der Waals surface area contributed by atoms with Gasteiger partial charge >= 0.3 is 0 Å². The molecule has 0 unspecified atom stereocenters. The summed E-state index contributed by atoms with van der Waals surface area (Å²) in [6.07, 6.45) is 4.97. The molecule has 26 heavy (non-hydrogen) atoms. The number of benzene rings is 2. The minimum Gasteiger partial charge on any atom is -0.338 e. The van der Waals surface area contributed by atoms with E-state index in [2.05, 4.69) is 10.3 Å². The van der Waals surface area contributed by atoms with Crippen LogP contribution >= 0.6 is 11.6 Å². The van der Waals surface area contributed by atoms with E-state index < -0.39 is 0 Å². The normalized spacial score (nSPS) is 11.0. The Bertz CT molecular complexity index is 905. The molecular formula is C20H19ClN4O. The van der Waals surface area contributed by atoms with Gasteiger partial charge in [0.05, 0.1) is 12.7 Å². The van der Waals surface area contributed by atoms with Crippen molar-refractivity contribution < 1.29 is 4.79 Å². The Kier molecular flexibility index (Phi) is 5.81. The lowest BCUT2D eigenvalue weighted by atomic mass is 10.2. The van der Waals surface area contributed by atoms with Crippen LogP contribution in [-0.4, -0.2) is 32.8 Å². The summed E-state index contributed by atoms with van der Waals surface area (Å²) in [6, 6.07) is 17.5. The molecule has 0 aliphatic heterocycles. The molecule has 0 saturated carbocycles. The summed E-state index contributed by atoms with van der Waals surface area (Å²) in [6.45, 7) is 1.09. The highest BCUT2D eigenvalue weighted by atomic mass is 35.5. The molecule has 1 heterocycles. The maximum atomic E-state index is 12.3. The van der Waals surface area contributed by atoms with Gasteiger partial charge < -0.3 is 4.90 Å². The highest BCUT2D eigenvalue weighted by molar-refractivity contribution is 6.31. The quantitative estimate of drug-likeness (QED) is 0.626. The lowest BCUT2D eigenvalue weighted by Crippen LogP contribution is -2.24. The molecule has 5 nitrogen and oxygen atoms in total. The van der Waals surface area contributed by atoms with Crippen LogP contribution in [0, 0.1) is 0 Å². The highest BCUT2D eigenvalue weighted by Gasteiger charge is 2.08. The van der Waals surface area contributed by atoms with Crippen molar-refractivity contribution in [3.8, 4) is 0 Å². The van der Waals surface area contributed by atoms with Gasteiger partial charge in [-0.05, 0) is 23.3 Å². The predicted molar refractivity (Wildman–Crippen MR) is 103 cm³/mol. The molecule has 1 aromatic heterocycles. The third-order valence-electron chi connectivity index (χ3n) is 3.88. The second-order valence-corrected chi connectivity index (χ2v) is 6.35. The van der Waals surface area contributed by atoms with Crippen LogP contribution in [0.4, 0.5) is 0 Å². The number of rotatable bonds is 6. The number of halogens is 1. The zero-order chi connectivity index (χ0) is 18.4. The molecule has 0 N–H and O–H groups in total. The number of amides is 1. The molecule has 0 bridgehead atoms. The fraction of sp³-hybridized carbons (Fsp3) is 0.150. The Morgan fingerprint density at radius 2 is 1.88 bits per heavy atom. The van der Waals surface area contributed by atoms with Crippen LogP contribution in [0.25, 0.3) is 6.08 Å². The monoisotopic (exact) mass is 366 g/mol. The standard InChI is InChI=1S/C20H19ClN4O/c1-24(14-17-9-5-6-10-19(17)21)20(26)12-11-18-15-25(23-22-18)13-16-7-3-2-4-8-16/h2-12,15H,13-14H2,1H3. The van der Waals surface area contributed by atoms with Crippen LogP contribution in [0.2, 0.25) is 5.02 Å². The number of hydrogen-bond donors (Lipinski definition) is 0. The number of aromatic nitrogens is 3. The molecule has 0 spiro atoms. The fourth-order valence-electron chi connectivity index (χ4n) is 2.48. The van der Waals surface area contributed by atoms with E-state index in [0.717, 1.165) is 11.1 Å². The largest absolute Gasteiger partial charge is 0.338 e. The summed E-state index contributed by atoms with van der Waals surface area (Å²) in [5.41, 5.74) is 2.69. The second-order valence-electron chi connectivity index (χ2n) is 5.95. The summed E-state index contributed by atoms with van der Waals surface area (Å²) >= 11 is 6.14. The van der Waals surface area contributed by atoms with E-state index in [1.165, 1.54) is 6.08 Å². The van der Waals surface area contributed by atoms with Gasteiger partial charge in [-0.1, -0.05) is 65.3 Å². The van der Waals surface area contributed by atoms with Gasteiger partial charge in [0, 0.05) is 24.7 Å². The zero-order valence-electron chi connectivity index (χ0n) is 14.4. The van der Waals surface area contributed by atoms with Gasteiger partial charge in [0.25, 0.3) is 0 Å². The first kappa shape index (κ1) is 17.9. The predicted octanol–water partition coefficient (Wildman–Crippen LogP) is 3.65. The summed E-state index contributed by atoms with van der Waals surface area (Å²) in [7, 11) is 1.74. The van der Waals surface area contributed by atoms with E-state index in [4.69, 9.17) is 11.6 Å². The Morgan fingerprint density at radius 3 is 2.65 bits per heavy atom. The molecule has 2 aromatic carbocycles. The van der Waals surface area contributed by atoms with E-state index in [-0.39, 0.29) is 5.91 Å². The zero-order valence-corrected chi connectivity index (χ0v) is 15.2. The summed E-state index contributed by atoms with van der Waals surface area (Å²) in [4.78, 5) is 13.9. The van der Waals surface area contributed by atoms with Gasteiger partial charge in [-0.3, -0.25) is 4.79 Å². The second kappa shape index (κ2) is 8.45. The van der Waals surface area contributed by atoms with Crippen LogP contribution in [0.15, 0.2) is 66.9 Å². The summed E-state index contributed by atoms with van der Waals surface area (Å²) in [5, 5.41) is 8.82. The summed E-state index contributed by atoms with van der Waals surface area (Å²) in [5.74, 6) is -0.123.